The monoisotopic (exact) mass is 1080 g/mol. The molecule has 3 aromatic heterocycles. The molecule has 0 spiro atoms. The van der Waals surface area contributed by atoms with Crippen LogP contribution in [0.15, 0.2) is 138 Å². The van der Waals surface area contributed by atoms with Gasteiger partial charge in [-0.15, -0.1) is 54.1 Å². The van der Waals surface area contributed by atoms with Gasteiger partial charge in [-0.2, -0.15) is 0 Å². The van der Waals surface area contributed by atoms with Gasteiger partial charge in [0.1, 0.15) is 5.58 Å². The zero-order chi connectivity index (χ0) is 50.7. The summed E-state index contributed by atoms with van der Waals surface area (Å²) in [6, 6.07) is 49.7. The first-order valence-electron chi connectivity index (χ1n) is 25.4. The molecular formula is C61H67IrN3OSi-2. The fraction of sp³-hybridized carbons (Fsp3) is 0.311. The van der Waals surface area contributed by atoms with Gasteiger partial charge in [-0.3, -0.25) is 4.98 Å². The molecule has 0 aliphatic heterocycles. The fourth-order valence-electron chi connectivity index (χ4n) is 8.71. The number of hydrogen-bond donors (Lipinski definition) is 0. The van der Waals surface area contributed by atoms with Gasteiger partial charge in [0.25, 0.3) is 0 Å². The van der Waals surface area contributed by atoms with E-state index in [0.717, 1.165) is 60.9 Å². The van der Waals surface area contributed by atoms with Crippen LogP contribution in [0.25, 0.3) is 72.4 Å². The second-order valence-electron chi connectivity index (χ2n) is 21.2. The van der Waals surface area contributed by atoms with Crippen molar-refractivity contribution in [2.75, 3.05) is 0 Å². The third kappa shape index (κ3) is 11.0. The zero-order valence-corrected chi connectivity index (χ0v) is 44.8. The first-order valence-corrected chi connectivity index (χ1v) is 26.9. The Morgan fingerprint density at radius 3 is 1.97 bits per heavy atom. The van der Waals surface area contributed by atoms with E-state index in [9.17, 15) is 0 Å². The van der Waals surface area contributed by atoms with Crippen molar-refractivity contribution in [3.63, 3.8) is 0 Å². The third-order valence-corrected chi connectivity index (χ3v) is 13.7. The van der Waals surface area contributed by atoms with Crippen molar-refractivity contribution in [3.05, 3.63) is 168 Å². The molecule has 4 nitrogen and oxygen atoms in total. The van der Waals surface area contributed by atoms with E-state index in [1.807, 2.05) is 114 Å². The quantitative estimate of drug-likeness (QED) is 0.107. The largest absolute Gasteiger partial charge is 0.501 e. The number of fused-ring (bicyclic) bond motifs is 4. The van der Waals surface area contributed by atoms with Crippen LogP contribution in [0, 0.1) is 23.0 Å². The molecule has 0 saturated carbocycles. The summed E-state index contributed by atoms with van der Waals surface area (Å²) >= 11 is 0. The van der Waals surface area contributed by atoms with E-state index in [1.54, 1.807) is 0 Å². The number of aromatic nitrogens is 3. The number of para-hydroxylation sites is 2. The van der Waals surface area contributed by atoms with Crippen LogP contribution in [0.3, 0.4) is 0 Å². The maximum absolute atomic E-state index is 8.88. The Hall–Kier alpha value is -5.39. The number of furan rings is 1. The van der Waals surface area contributed by atoms with E-state index < -0.39 is 31.6 Å². The van der Waals surface area contributed by atoms with E-state index in [0.29, 0.717) is 16.7 Å². The molecule has 0 N–H and O–H groups in total. The van der Waals surface area contributed by atoms with Crippen molar-refractivity contribution >= 4 is 46.2 Å². The van der Waals surface area contributed by atoms with Gasteiger partial charge in [-0.25, -0.2) is 0 Å². The van der Waals surface area contributed by atoms with Crippen molar-refractivity contribution in [1.82, 2.24) is 14.5 Å². The fourth-order valence-corrected chi connectivity index (χ4v) is 10.1. The summed E-state index contributed by atoms with van der Waals surface area (Å²) in [5, 5.41) is 3.00. The predicted octanol–water partition coefficient (Wildman–Crippen LogP) is 16.6. The van der Waals surface area contributed by atoms with Gasteiger partial charge in [-0.1, -0.05) is 166 Å². The second kappa shape index (κ2) is 19.7. The van der Waals surface area contributed by atoms with Crippen LogP contribution in [0.2, 0.25) is 19.6 Å². The molecule has 347 valence electrons. The Morgan fingerprint density at radius 2 is 1.34 bits per heavy atom. The molecular weight excluding hydrogens is 1010 g/mol. The van der Waals surface area contributed by atoms with Gasteiger partial charge in [0.15, 0.2) is 0 Å². The summed E-state index contributed by atoms with van der Waals surface area (Å²) in [6.45, 7) is 27.4. The average Bonchev–Trinajstić information content (AvgIpc) is 3.89. The first kappa shape index (κ1) is 44.1. The number of imidazole rings is 1. The van der Waals surface area contributed by atoms with Crippen LogP contribution >= 0.6 is 0 Å². The van der Waals surface area contributed by atoms with Crippen LogP contribution in [0.4, 0.5) is 0 Å². The summed E-state index contributed by atoms with van der Waals surface area (Å²) in [6.07, 6.45) is -1.06. The summed E-state index contributed by atoms with van der Waals surface area (Å²) in [7, 11) is -1.70. The van der Waals surface area contributed by atoms with Gasteiger partial charge in [0.2, 0.25) is 0 Å². The van der Waals surface area contributed by atoms with Crippen LogP contribution in [0.1, 0.15) is 109 Å². The minimum atomic E-state index is -1.70. The molecule has 9 rings (SSSR count). The SMILES string of the molecule is [2H]C([2H])(c1cc(-c2[c-]cccc2)ncc1[Si](C)(C)C)C(C)(C)C.[2H]C([2H])(c1ccc2c(c1)oc1c(-c3nc4ccccc4n3-c3c(C(C)C)cc(-c4ccccc4)cc3C(C)C)[c-]ccc12)C(C)(C)C.[Ir]. The molecule has 0 aliphatic carbocycles. The summed E-state index contributed by atoms with van der Waals surface area (Å²) in [4.78, 5) is 9.87. The van der Waals surface area contributed by atoms with E-state index in [1.165, 1.54) is 22.3 Å². The molecule has 6 heteroatoms. The van der Waals surface area contributed by atoms with Crippen molar-refractivity contribution < 1.29 is 30.0 Å². The summed E-state index contributed by atoms with van der Waals surface area (Å²) in [5.74, 6) is 1.28. The van der Waals surface area contributed by atoms with Crippen LogP contribution < -0.4 is 5.19 Å². The van der Waals surface area contributed by atoms with Crippen molar-refractivity contribution in [3.8, 4) is 39.5 Å². The zero-order valence-electron chi connectivity index (χ0n) is 45.4. The standard InChI is InChI=1S/C42H41N2O.C19H26NSi.Ir/c1-26(2)34-23-30(29-14-9-8-10-15-29)24-35(27(3)4)39(34)44-37-19-12-11-18-36(37)43-41(44)33-17-13-16-32-31-21-20-28(25-42(5,6)7)22-38(31)45-40(32)33;1-19(2,3)13-16-12-17(15-10-8-7-9-11-15)20-14-18(16)21(4,5)6;/h8-16,18-24,26-27H,25H2,1-7H3;7-10,12,14H,13H2,1-6H3;/q2*-1;/i25D2;13D2;. The molecule has 0 fully saturated rings. The molecule has 9 aromatic rings. The van der Waals surface area contributed by atoms with Gasteiger partial charge in [-0.05, 0) is 104 Å². The van der Waals surface area contributed by atoms with Gasteiger partial charge < -0.3 is 14.0 Å². The van der Waals surface area contributed by atoms with E-state index in [4.69, 9.17) is 14.9 Å². The number of nitrogens with zero attached hydrogens (tertiary/aromatic N) is 3. The molecule has 6 aromatic carbocycles. The number of pyridine rings is 1. The maximum Gasteiger partial charge on any atom is 0.121 e. The van der Waals surface area contributed by atoms with Crippen molar-refractivity contribution in [2.45, 2.75) is 113 Å². The van der Waals surface area contributed by atoms with Crippen LogP contribution in [0.5, 0.6) is 0 Å². The number of hydrogen-bond acceptors (Lipinski definition) is 3. The molecule has 1 radical (unpaired) electrons. The molecule has 0 saturated heterocycles. The summed E-state index contributed by atoms with van der Waals surface area (Å²) < 4.78 is 44.2. The molecule has 0 atom stereocenters. The Kier molecular flexibility index (Phi) is 13.0. The number of benzene rings is 6. The second-order valence-corrected chi connectivity index (χ2v) is 26.3. The van der Waals surface area contributed by atoms with E-state index in [2.05, 4.69) is 130 Å². The first-order chi connectivity index (χ1) is 32.8. The van der Waals surface area contributed by atoms with E-state index >= 15 is 0 Å². The molecule has 0 unspecified atom stereocenters. The Balaban J connectivity index is 0.000000261. The van der Waals surface area contributed by atoms with Crippen LogP contribution in [-0.2, 0) is 32.9 Å². The van der Waals surface area contributed by atoms with E-state index in [-0.39, 0.29) is 31.9 Å². The predicted molar refractivity (Wildman–Crippen MR) is 284 cm³/mol. The van der Waals surface area contributed by atoms with Gasteiger partial charge in [0, 0.05) is 42.9 Å². The molecule has 3 heterocycles. The molecule has 0 bridgehead atoms. The minimum absolute atomic E-state index is 0. The maximum atomic E-state index is 8.88. The topological polar surface area (TPSA) is 43.9 Å². The minimum Gasteiger partial charge on any atom is -0.501 e. The Morgan fingerprint density at radius 1 is 0.687 bits per heavy atom. The normalized spacial score (nSPS) is 13.5. The molecule has 0 amide bonds. The van der Waals surface area contributed by atoms with Gasteiger partial charge >= 0.3 is 0 Å². The van der Waals surface area contributed by atoms with Crippen molar-refractivity contribution in [2.24, 2.45) is 10.8 Å². The summed E-state index contributed by atoms with van der Waals surface area (Å²) in [5.41, 5.74) is 12.2. The Labute approximate surface area is 420 Å². The van der Waals surface area contributed by atoms with Gasteiger partial charge in [0.05, 0.1) is 30.5 Å². The van der Waals surface area contributed by atoms with Crippen LogP contribution in [-0.4, -0.2) is 22.6 Å². The smallest absolute Gasteiger partial charge is 0.121 e. The molecule has 0 aliphatic rings. The average molecular weight is 1080 g/mol. The Bertz CT molecular complexity index is 3310. The number of rotatable bonds is 9. The molecule has 67 heavy (non-hydrogen) atoms. The van der Waals surface area contributed by atoms with Crippen molar-refractivity contribution in [1.29, 1.82) is 0 Å². The third-order valence-electron chi connectivity index (χ3n) is 11.7.